The van der Waals surface area contributed by atoms with E-state index in [1.807, 2.05) is 18.0 Å². The third-order valence-electron chi connectivity index (χ3n) is 1.22. The van der Waals surface area contributed by atoms with E-state index in [0.29, 0.717) is 0 Å². The van der Waals surface area contributed by atoms with Crippen LogP contribution in [0.25, 0.3) is 0 Å². The lowest BCUT2D eigenvalue weighted by Gasteiger charge is -2.09. The lowest BCUT2D eigenvalue weighted by Crippen LogP contribution is -2.15. The summed E-state index contributed by atoms with van der Waals surface area (Å²) in [6, 6.07) is 1.82. The SMILES string of the molecule is CN=CN(C)c1ccncn1. The maximum Gasteiger partial charge on any atom is 0.136 e. The molecule has 0 radical (unpaired) electrons. The van der Waals surface area contributed by atoms with Gasteiger partial charge in [-0.2, -0.15) is 0 Å². The summed E-state index contributed by atoms with van der Waals surface area (Å²) in [4.78, 5) is 13.5. The van der Waals surface area contributed by atoms with Gasteiger partial charge in [0.05, 0.1) is 6.34 Å². The van der Waals surface area contributed by atoms with Crippen molar-refractivity contribution in [2.45, 2.75) is 0 Å². The Morgan fingerprint density at radius 2 is 2.45 bits per heavy atom. The van der Waals surface area contributed by atoms with Gasteiger partial charge in [0.15, 0.2) is 0 Å². The Morgan fingerprint density at radius 3 is 3.00 bits per heavy atom. The minimum atomic E-state index is 0.839. The molecule has 0 spiro atoms. The molecule has 0 aliphatic carbocycles. The fourth-order valence-corrected chi connectivity index (χ4v) is 0.725. The molecule has 1 aromatic rings. The maximum atomic E-state index is 4.02. The number of aliphatic imine (C=N–C) groups is 1. The van der Waals surface area contributed by atoms with E-state index in [2.05, 4.69) is 15.0 Å². The van der Waals surface area contributed by atoms with Crippen molar-refractivity contribution in [3.05, 3.63) is 18.6 Å². The highest BCUT2D eigenvalue weighted by Gasteiger charge is 1.94. The first kappa shape index (κ1) is 7.65. The third-order valence-corrected chi connectivity index (χ3v) is 1.22. The van der Waals surface area contributed by atoms with Gasteiger partial charge in [0, 0.05) is 20.3 Å². The van der Waals surface area contributed by atoms with Crippen LogP contribution in [0.4, 0.5) is 5.82 Å². The van der Waals surface area contributed by atoms with E-state index in [0.717, 1.165) is 5.82 Å². The van der Waals surface area contributed by atoms with E-state index in [9.17, 15) is 0 Å². The van der Waals surface area contributed by atoms with Crippen LogP contribution in [0.1, 0.15) is 0 Å². The van der Waals surface area contributed by atoms with Crippen LogP contribution in [0.2, 0.25) is 0 Å². The van der Waals surface area contributed by atoms with Crippen LogP contribution >= 0.6 is 0 Å². The summed E-state index contributed by atoms with van der Waals surface area (Å²) in [5.74, 6) is 0.839. The second-order valence-electron chi connectivity index (χ2n) is 2.05. The Bertz CT molecular complexity index is 231. The third kappa shape index (κ3) is 2.00. The smallest absolute Gasteiger partial charge is 0.136 e. The monoisotopic (exact) mass is 150 g/mol. The highest BCUT2D eigenvalue weighted by molar-refractivity contribution is 5.75. The molecule has 0 N–H and O–H groups in total. The predicted octanol–water partition coefficient (Wildman–Crippen LogP) is 0.571. The van der Waals surface area contributed by atoms with E-state index < -0.39 is 0 Å². The predicted molar refractivity (Wildman–Crippen MR) is 44.9 cm³/mol. The van der Waals surface area contributed by atoms with Gasteiger partial charge in [-0.3, -0.25) is 4.99 Å². The molecule has 0 saturated heterocycles. The van der Waals surface area contributed by atoms with Crippen molar-refractivity contribution in [1.82, 2.24) is 9.97 Å². The molecular formula is C7H10N4. The van der Waals surface area contributed by atoms with Gasteiger partial charge in [0.25, 0.3) is 0 Å². The molecule has 1 aromatic heterocycles. The van der Waals surface area contributed by atoms with Crippen LogP contribution in [-0.2, 0) is 0 Å². The highest BCUT2D eigenvalue weighted by Crippen LogP contribution is 2.01. The number of hydrogen-bond donors (Lipinski definition) is 0. The quantitative estimate of drug-likeness (QED) is 0.457. The topological polar surface area (TPSA) is 41.4 Å². The second-order valence-corrected chi connectivity index (χ2v) is 2.05. The van der Waals surface area contributed by atoms with Crippen molar-refractivity contribution in [2.24, 2.45) is 4.99 Å². The van der Waals surface area contributed by atoms with Crippen molar-refractivity contribution >= 4 is 12.2 Å². The summed E-state index contributed by atoms with van der Waals surface area (Å²) in [5, 5.41) is 0. The number of anilines is 1. The molecule has 0 aliphatic heterocycles. The molecule has 0 saturated carbocycles. The molecule has 0 bridgehead atoms. The molecule has 0 unspecified atom stereocenters. The summed E-state index contributed by atoms with van der Waals surface area (Å²) < 4.78 is 0. The van der Waals surface area contributed by atoms with E-state index in [4.69, 9.17) is 0 Å². The van der Waals surface area contributed by atoms with Gasteiger partial charge in [0.2, 0.25) is 0 Å². The average Bonchev–Trinajstić information content (AvgIpc) is 2.07. The maximum absolute atomic E-state index is 4.02. The molecule has 4 heteroatoms. The molecule has 4 nitrogen and oxygen atoms in total. The van der Waals surface area contributed by atoms with Gasteiger partial charge in [-0.15, -0.1) is 0 Å². The Morgan fingerprint density at radius 1 is 1.64 bits per heavy atom. The summed E-state index contributed by atoms with van der Waals surface area (Å²) >= 11 is 0. The van der Waals surface area contributed by atoms with E-state index in [-0.39, 0.29) is 0 Å². The van der Waals surface area contributed by atoms with Crippen molar-refractivity contribution in [2.75, 3.05) is 19.0 Å². The van der Waals surface area contributed by atoms with Crippen molar-refractivity contribution in [1.29, 1.82) is 0 Å². The Labute approximate surface area is 65.6 Å². The zero-order valence-corrected chi connectivity index (χ0v) is 6.60. The normalized spacial score (nSPS) is 10.4. The molecule has 0 amide bonds. The average molecular weight is 150 g/mol. The fraction of sp³-hybridized carbons (Fsp3) is 0.286. The molecule has 1 heterocycles. The Hall–Kier alpha value is -1.45. The summed E-state index contributed by atoms with van der Waals surface area (Å²) in [6.45, 7) is 0. The molecule has 1 rings (SSSR count). The van der Waals surface area contributed by atoms with E-state index in [1.165, 1.54) is 6.33 Å². The molecule has 0 aliphatic rings. The Balaban J connectivity index is 2.76. The van der Waals surface area contributed by atoms with E-state index in [1.54, 1.807) is 19.6 Å². The van der Waals surface area contributed by atoms with Crippen LogP contribution < -0.4 is 4.90 Å². The number of aromatic nitrogens is 2. The van der Waals surface area contributed by atoms with Crippen LogP contribution in [0.5, 0.6) is 0 Å². The zero-order chi connectivity index (χ0) is 8.10. The summed E-state index contributed by atoms with van der Waals surface area (Å²) in [6.07, 6.45) is 4.90. The first-order valence-electron chi connectivity index (χ1n) is 3.25. The molecule has 0 aromatic carbocycles. The van der Waals surface area contributed by atoms with Gasteiger partial charge in [-0.1, -0.05) is 0 Å². The molecule has 58 valence electrons. The minimum Gasteiger partial charge on any atom is -0.321 e. The lowest BCUT2D eigenvalue weighted by atomic mass is 10.5. The van der Waals surface area contributed by atoms with Crippen LogP contribution in [-0.4, -0.2) is 30.4 Å². The standard InChI is InChI=1S/C7H10N4/c1-8-6-11(2)7-3-4-9-5-10-7/h3-6H,1-2H3. The van der Waals surface area contributed by atoms with Gasteiger partial charge in [-0.05, 0) is 6.07 Å². The number of nitrogens with zero attached hydrogens (tertiary/aromatic N) is 4. The van der Waals surface area contributed by atoms with Gasteiger partial charge in [0.1, 0.15) is 12.1 Å². The lowest BCUT2D eigenvalue weighted by molar-refractivity contribution is 1.11. The molecule has 11 heavy (non-hydrogen) atoms. The van der Waals surface area contributed by atoms with Crippen LogP contribution in [0.15, 0.2) is 23.6 Å². The van der Waals surface area contributed by atoms with Crippen LogP contribution in [0.3, 0.4) is 0 Å². The first-order valence-corrected chi connectivity index (χ1v) is 3.25. The van der Waals surface area contributed by atoms with Gasteiger partial charge in [-0.25, -0.2) is 9.97 Å². The second kappa shape index (κ2) is 3.65. The van der Waals surface area contributed by atoms with Gasteiger partial charge < -0.3 is 4.90 Å². The Kier molecular flexibility index (Phi) is 2.54. The first-order chi connectivity index (χ1) is 5.34. The summed E-state index contributed by atoms with van der Waals surface area (Å²) in [5.41, 5.74) is 0. The number of rotatable bonds is 2. The summed E-state index contributed by atoms with van der Waals surface area (Å²) in [7, 11) is 3.60. The fourth-order valence-electron chi connectivity index (χ4n) is 0.725. The van der Waals surface area contributed by atoms with Crippen molar-refractivity contribution in [3.8, 4) is 0 Å². The molecule has 0 fully saturated rings. The number of hydrogen-bond acceptors (Lipinski definition) is 3. The molecular weight excluding hydrogens is 140 g/mol. The highest BCUT2D eigenvalue weighted by atomic mass is 15.2. The van der Waals surface area contributed by atoms with E-state index >= 15 is 0 Å². The van der Waals surface area contributed by atoms with Gasteiger partial charge >= 0.3 is 0 Å². The largest absolute Gasteiger partial charge is 0.321 e. The van der Waals surface area contributed by atoms with Crippen LogP contribution in [0, 0.1) is 0 Å². The zero-order valence-electron chi connectivity index (χ0n) is 6.60. The van der Waals surface area contributed by atoms with Crippen molar-refractivity contribution in [3.63, 3.8) is 0 Å². The minimum absolute atomic E-state index is 0.839. The molecule has 0 atom stereocenters. The van der Waals surface area contributed by atoms with Crippen molar-refractivity contribution < 1.29 is 0 Å².